The Balaban J connectivity index is 1.44. The van der Waals surface area contributed by atoms with E-state index in [2.05, 4.69) is 15.4 Å². The molecular weight excluding hydrogens is 462 g/mol. The summed E-state index contributed by atoms with van der Waals surface area (Å²) in [5, 5.41) is 5.56. The van der Waals surface area contributed by atoms with Crippen LogP contribution >= 0.6 is 0 Å². The van der Waals surface area contributed by atoms with Gasteiger partial charge in [0.2, 0.25) is 0 Å². The van der Waals surface area contributed by atoms with Crippen molar-refractivity contribution in [1.29, 1.82) is 0 Å². The summed E-state index contributed by atoms with van der Waals surface area (Å²) in [6.07, 6.45) is 0. The van der Waals surface area contributed by atoms with Crippen LogP contribution in [-0.2, 0) is 10.0 Å². The zero-order valence-electron chi connectivity index (χ0n) is 18.9. The van der Waals surface area contributed by atoms with Crippen LogP contribution in [0.25, 0.3) is 0 Å². The van der Waals surface area contributed by atoms with Crippen molar-refractivity contribution in [3.63, 3.8) is 0 Å². The molecule has 4 aromatic rings. The molecule has 2 amide bonds. The number of hydrogen-bond donors (Lipinski definition) is 3. The van der Waals surface area contributed by atoms with Crippen molar-refractivity contribution in [3.8, 4) is 0 Å². The SMILES string of the molecule is Cc1ccc(NC(=O)c2ccc(NC(=O)c3ccccc3)cc2)cc1NS(=O)(=O)c1ccccc1. The summed E-state index contributed by atoms with van der Waals surface area (Å²) in [5.74, 6) is -0.611. The minimum Gasteiger partial charge on any atom is -0.322 e. The molecule has 0 aliphatic rings. The van der Waals surface area contributed by atoms with Crippen molar-refractivity contribution in [3.05, 3.63) is 120 Å². The second-order valence-electron chi connectivity index (χ2n) is 7.80. The van der Waals surface area contributed by atoms with Gasteiger partial charge in [-0.25, -0.2) is 8.42 Å². The van der Waals surface area contributed by atoms with Crippen LogP contribution in [-0.4, -0.2) is 20.2 Å². The fourth-order valence-electron chi connectivity index (χ4n) is 3.31. The second-order valence-corrected chi connectivity index (χ2v) is 9.48. The molecule has 35 heavy (non-hydrogen) atoms. The first-order valence-electron chi connectivity index (χ1n) is 10.8. The largest absolute Gasteiger partial charge is 0.322 e. The first-order chi connectivity index (χ1) is 16.8. The molecule has 0 radical (unpaired) electrons. The fourth-order valence-corrected chi connectivity index (χ4v) is 4.46. The van der Waals surface area contributed by atoms with E-state index in [0.29, 0.717) is 33.8 Å². The third-order valence-corrected chi connectivity index (χ3v) is 6.62. The van der Waals surface area contributed by atoms with Gasteiger partial charge in [0.05, 0.1) is 10.6 Å². The Morgan fingerprint density at radius 1 is 0.629 bits per heavy atom. The summed E-state index contributed by atoms with van der Waals surface area (Å²) in [5.41, 5.74) is 2.99. The molecule has 0 aliphatic carbocycles. The summed E-state index contributed by atoms with van der Waals surface area (Å²) in [6.45, 7) is 1.77. The number of carbonyl (C=O) groups excluding carboxylic acids is 2. The number of hydrogen-bond acceptors (Lipinski definition) is 4. The Morgan fingerprint density at radius 3 is 1.77 bits per heavy atom. The van der Waals surface area contributed by atoms with Gasteiger partial charge in [0.1, 0.15) is 0 Å². The summed E-state index contributed by atoms with van der Waals surface area (Å²) < 4.78 is 27.9. The van der Waals surface area contributed by atoms with Crippen LogP contribution in [0.3, 0.4) is 0 Å². The van der Waals surface area contributed by atoms with Gasteiger partial charge in [-0.15, -0.1) is 0 Å². The van der Waals surface area contributed by atoms with E-state index in [1.807, 2.05) is 6.07 Å². The molecule has 0 bridgehead atoms. The van der Waals surface area contributed by atoms with Crippen molar-refractivity contribution in [1.82, 2.24) is 0 Å². The average Bonchev–Trinajstić information content (AvgIpc) is 2.87. The molecule has 0 saturated carbocycles. The van der Waals surface area contributed by atoms with E-state index in [9.17, 15) is 18.0 Å². The van der Waals surface area contributed by atoms with Crippen molar-refractivity contribution < 1.29 is 18.0 Å². The molecule has 0 spiro atoms. The highest BCUT2D eigenvalue weighted by molar-refractivity contribution is 7.92. The summed E-state index contributed by atoms with van der Waals surface area (Å²) in [4.78, 5) is 25.2. The molecule has 0 saturated heterocycles. The first kappa shape index (κ1) is 23.7. The van der Waals surface area contributed by atoms with Crippen LogP contribution in [0, 0.1) is 6.92 Å². The molecule has 4 rings (SSSR count). The van der Waals surface area contributed by atoms with Crippen molar-refractivity contribution in [2.24, 2.45) is 0 Å². The molecule has 0 aliphatic heterocycles. The van der Waals surface area contributed by atoms with Crippen LogP contribution in [0.1, 0.15) is 26.3 Å². The highest BCUT2D eigenvalue weighted by Gasteiger charge is 2.16. The molecule has 0 atom stereocenters. The van der Waals surface area contributed by atoms with Crippen molar-refractivity contribution in [2.75, 3.05) is 15.4 Å². The lowest BCUT2D eigenvalue weighted by Gasteiger charge is -2.13. The van der Waals surface area contributed by atoms with Crippen LogP contribution in [0.5, 0.6) is 0 Å². The maximum atomic E-state index is 12.7. The van der Waals surface area contributed by atoms with Crippen LogP contribution in [0.2, 0.25) is 0 Å². The molecular formula is C27H23N3O4S. The van der Waals surface area contributed by atoms with Gasteiger partial charge in [-0.2, -0.15) is 0 Å². The van der Waals surface area contributed by atoms with Crippen LogP contribution in [0.4, 0.5) is 17.1 Å². The van der Waals surface area contributed by atoms with E-state index in [0.717, 1.165) is 0 Å². The monoisotopic (exact) mass is 485 g/mol. The average molecular weight is 486 g/mol. The number of amides is 2. The van der Waals surface area contributed by atoms with E-state index in [1.165, 1.54) is 12.1 Å². The number of rotatable bonds is 7. The molecule has 7 nitrogen and oxygen atoms in total. The maximum Gasteiger partial charge on any atom is 0.261 e. The van der Waals surface area contributed by atoms with Gasteiger partial charge in [0.15, 0.2) is 0 Å². The normalized spacial score (nSPS) is 10.9. The molecule has 4 aromatic carbocycles. The van der Waals surface area contributed by atoms with Gasteiger partial charge in [-0.3, -0.25) is 14.3 Å². The van der Waals surface area contributed by atoms with Crippen molar-refractivity contribution >= 4 is 38.9 Å². The predicted molar refractivity (Wildman–Crippen MR) is 137 cm³/mol. The zero-order chi connectivity index (χ0) is 24.8. The Labute approximate surface area is 203 Å². The molecule has 0 aromatic heterocycles. The lowest BCUT2D eigenvalue weighted by atomic mass is 10.1. The van der Waals surface area contributed by atoms with E-state index >= 15 is 0 Å². The minimum absolute atomic E-state index is 0.147. The minimum atomic E-state index is -3.77. The van der Waals surface area contributed by atoms with E-state index < -0.39 is 10.0 Å². The third kappa shape index (κ3) is 5.93. The smallest absolute Gasteiger partial charge is 0.261 e. The van der Waals surface area contributed by atoms with Gasteiger partial charge in [-0.05, 0) is 73.2 Å². The number of nitrogens with one attached hydrogen (secondary N) is 3. The van der Waals surface area contributed by atoms with Gasteiger partial charge in [0.25, 0.3) is 21.8 Å². The Morgan fingerprint density at radius 2 is 1.14 bits per heavy atom. The van der Waals surface area contributed by atoms with E-state index in [4.69, 9.17) is 0 Å². The lowest BCUT2D eigenvalue weighted by Crippen LogP contribution is -2.15. The van der Waals surface area contributed by atoms with E-state index in [1.54, 1.807) is 91.9 Å². The maximum absolute atomic E-state index is 12.7. The number of carbonyl (C=O) groups is 2. The lowest BCUT2D eigenvalue weighted by molar-refractivity contribution is 0.102. The zero-order valence-corrected chi connectivity index (χ0v) is 19.7. The van der Waals surface area contributed by atoms with Crippen LogP contribution < -0.4 is 15.4 Å². The number of aryl methyl sites for hydroxylation is 1. The van der Waals surface area contributed by atoms with Gasteiger partial charge in [0, 0.05) is 22.5 Å². The number of anilines is 3. The quantitative estimate of drug-likeness (QED) is 0.330. The highest BCUT2D eigenvalue weighted by Crippen LogP contribution is 2.24. The molecule has 3 N–H and O–H groups in total. The number of benzene rings is 4. The highest BCUT2D eigenvalue weighted by atomic mass is 32.2. The van der Waals surface area contributed by atoms with Crippen LogP contribution in [0.15, 0.2) is 108 Å². The Hall–Kier alpha value is -4.43. The molecule has 8 heteroatoms. The summed E-state index contributed by atoms with van der Waals surface area (Å²) >= 11 is 0. The molecule has 0 heterocycles. The Bertz CT molecular complexity index is 1450. The Kier molecular flexibility index (Phi) is 6.93. The molecule has 0 fully saturated rings. The van der Waals surface area contributed by atoms with Gasteiger partial charge < -0.3 is 10.6 Å². The summed E-state index contributed by atoms with van der Waals surface area (Å²) in [7, 11) is -3.77. The number of sulfonamides is 1. The molecule has 176 valence electrons. The topological polar surface area (TPSA) is 104 Å². The first-order valence-corrected chi connectivity index (χ1v) is 12.3. The standard InChI is InChI=1S/C27H23N3O4S/c1-19-12-15-23(18-25(19)30-35(33,34)24-10-6-3-7-11-24)29-27(32)21-13-16-22(17-14-21)28-26(31)20-8-4-2-5-9-20/h2-18,30H,1H3,(H,28,31)(H,29,32). The molecule has 0 unspecified atom stereocenters. The fraction of sp³-hybridized carbons (Fsp3) is 0.0370. The van der Waals surface area contributed by atoms with Gasteiger partial charge in [-0.1, -0.05) is 42.5 Å². The second kappa shape index (κ2) is 10.2. The van der Waals surface area contributed by atoms with Crippen molar-refractivity contribution in [2.45, 2.75) is 11.8 Å². The van der Waals surface area contributed by atoms with Gasteiger partial charge >= 0.3 is 0 Å². The summed E-state index contributed by atoms with van der Waals surface area (Å²) in [6, 6.07) is 28.4. The van der Waals surface area contributed by atoms with E-state index in [-0.39, 0.29) is 16.7 Å². The predicted octanol–water partition coefficient (Wildman–Crippen LogP) is 5.30. The third-order valence-electron chi connectivity index (χ3n) is 5.23.